The fraction of sp³-hybridized carbons (Fsp3) is 0.429. The predicted molar refractivity (Wildman–Crippen MR) is 151 cm³/mol. The van der Waals surface area contributed by atoms with Crippen molar-refractivity contribution < 1.29 is 0 Å². The fourth-order valence-electron chi connectivity index (χ4n) is 6.36. The third-order valence-corrected chi connectivity index (χ3v) is 8.84. The summed E-state index contributed by atoms with van der Waals surface area (Å²) < 4.78 is 0. The summed E-state index contributed by atoms with van der Waals surface area (Å²) in [5, 5.41) is 5.47. The van der Waals surface area contributed by atoms with E-state index in [1.807, 2.05) is 30.3 Å². The van der Waals surface area contributed by atoms with Crippen LogP contribution in [0.5, 0.6) is 0 Å². The summed E-state index contributed by atoms with van der Waals surface area (Å²) in [5.41, 5.74) is 4.74. The van der Waals surface area contributed by atoms with Gasteiger partial charge < -0.3 is 30.0 Å². The van der Waals surface area contributed by atoms with Crippen molar-refractivity contribution in [2.24, 2.45) is 5.92 Å². The number of hydrogen-bond acceptors (Lipinski definition) is 6. The molecule has 4 aliphatic rings. The molecular weight excluding hydrogens is 486 g/mol. The molecule has 2 bridgehead atoms. The molecule has 0 saturated carbocycles. The van der Waals surface area contributed by atoms with E-state index in [0.29, 0.717) is 22.3 Å². The standard InChI is InChI=1S/C28H32ClN7O/c1-34-10-12-36(13-11-34)24-15-22-18(14-19(24)29)26(30-23-16-35-8-6-17(23)7-9-35)25(28(37)33-22)27-31-20-4-2-3-5-21(20)32-27/h2-5,14-15,17,23H,6-13,16H2,1H3,(H,31,32)(H2,30,33,37)/t23-/m0/s1. The normalized spacial score (nSPS) is 24.3. The number of nitrogens with one attached hydrogen (secondary N) is 3. The summed E-state index contributed by atoms with van der Waals surface area (Å²) in [5.74, 6) is 1.18. The van der Waals surface area contributed by atoms with Crippen LogP contribution in [0.3, 0.4) is 0 Å². The third-order valence-electron chi connectivity index (χ3n) is 8.54. The van der Waals surface area contributed by atoms with Crippen molar-refractivity contribution in [3.8, 4) is 11.4 Å². The van der Waals surface area contributed by atoms with E-state index in [-0.39, 0.29) is 11.6 Å². The number of para-hydroxylation sites is 2. The summed E-state index contributed by atoms with van der Waals surface area (Å²) in [6.07, 6.45) is 2.38. The Kier molecular flexibility index (Phi) is 5.64. The minimum Gasteiger partial charge on any atom is -0.379 e. The van der Waals surface area contributed by atoms with Gasteiger partial charge in [-0.05, 0) is 63.2 Å². The first-order valence-corrected chi connectivity index (χ1v) is 13.7. The number of pyridine rings is 1. The number of fused-ring (bicyclic) bond motifs is 5. The van der Waals surface area contributed by atoms with Crippen LogP contribution in [0.4, 0.5) is 11.4 Å². The molecule has 1 atom stereocenters. The Morgan fingerprint density at radius 1 is 1.00 bits per heavy atom. The summed E-state index contributed by atoms with van der Waals surface area (Å²) in [4.78, 5) is 32.2. The number of piperidine rings is 3. The largest absolute Gasteiger partial charge is 0.379 e. The molecule has 6 heterocycles. The van der Waals surface area contributed by atoms with Gasteiger partial charge in [-0.3, -0.25) is 4.79 Å². The van der Waals surface area contributed by atoms with Crippen molar-refractivity contribution in [1.82, 2.24) is 24.8 Å². The number of piperazine rings is 1. The number of likely N-dealkylation sites (N-methyl/N-ethyl adjacent to an activating group) is 1. The summed E-state index contributed by atoms with van der Waals surface area (Å²) in [7, 11) is 2.14. The highest BCUT2D eigenvalue weighted by atomic mass is 35.5. The van der Waals surface area contributed by atoms with E-state index in [1.54, 1.807) is 0 Å². The van der Waals surface area contributed by atoms with Crippen LogP contribution in [-0.4, -0.2) is 83.7 Å². The Balaban J connectivity index is 1.39. The molecule has 8 nitrogen and oxygen atoms in total. The van der Waals surface area contributed by atoms with Crippen LogP contribution < -0.4 is 15.8 Å². The van der Waals surface area contributed by atoms with Crippen LogP contribution in [0.15, 0.2) is 41.2 Å². The van der Waals surface area contributed by atoms with E-state index in [4.69, 9.17) is 16.6 Å². The van der Waals surface area contributed by atoms with Gasteiger partial charge in [-0.15, -0.1) is 0 Å². The highest BCUT2D eigenvalue weighted by molar-refractivity contribution is 6.34. The Hall–Kier alpha value is -3.07. The molecule has 8 rings (SSSR count). The quantitative estimate of drug-likeness (QED) is 0.380. The number of hydrogen-bond donors (Lipinski definition) is 3. The molecule has 0 aliphatic carbocycles. The van der Waals surface area contributed by atoms with Gasteiger partial charge in [0.15, 0.2) is 0 Å². The molecule has 0 radical (unpaired) electrons. The highest BCUT2D eigenvalue weighted by Gasteiger charge is 2.35. The number of H-pyrrole nitrogens is 2. The lowest BCUT2D eigenvalue weighted by molar-refractivity contribution is 0.0976. The molecule has 3 N–H and O–H groups in total. The molecule has 2 aromatic carbocycles. The fourth-order valence-corrected chi connectivity index (χ4v) is 6.64. The minimum atomic E-state index is -0.151. The van der Waals surface area contributed by atoms with Gasteiger partial charge in [0.05, 0.1) is 32.9 Å². The SMILES string of the molecule is CN1CCN(c2cc3[nH]c(=O)c(-c4nc5ccccc5[nH]4)c(N[C@H]4CN5CCC4CC5)c3cc2Cl)CC1. The molecule has 0 unspecified atom stereocenters. The van der Waals surface area contributed by atoms with Crippen LogP contribution in [0.1, 0.15) is 12.8 Å². The van der Waals surface area contributed by atoms with Gasteiger partial charge in [0.25, 0.3) is 5.56 Å². The van der Waals surface area contributed by atoms with Crippen molar-refractivity contribution in [3.63, 3.8) is 0 Å². The molecule has 0 amide bonds. The average molecular weight is 518 g/mol. The highest BCUT2D eigenvalue weighted by Crippen LogP contribution is 2.39. The van der Waals surface area contributed by atoms with Crippen LogP contribution in [0.25, 0.3) is 33.3 Å². The maximum Gasteiger partial charge on any atom is 0.261 e. The molecular formula is C28H32ClN7O. The van der Waals surface area contributed by atoms with E-state index < -0.39 is 0 Å². The second-order valence-corrected chi connectivity index (χ2v) is 11.2. The van der Waals surface area contributed by atoms with Crippen molar-refractivity contribution in [1.29, 1.82) is 0 Å². The molecule has 4 saturated heterocycles. The Bertz CT molecular complexity index is 1500. The van der Waals surface area contributed by atoms with Gasteiger partial charge in [0.1, 0.15) is 11.4 Å². The average Bonchev–Trinajstić information content (AvgIpc) is 3.34. The number of nitrogens with zero attached hydrogens (tertiary/aromatic N) is 4. The van der Waals surface area contributed by atoms with Crippen molar-refractivity contribution >= 4 is 44.9 Å². The van der Waals surface area contributed by atoms with Crippen LogP contribution in [0, 0.1) is 5.92 Å². The lowest BCUT2D eigenvalue weighted by Gasteiger charge is -2.45. The molecule has 37 heavy (non-hydrogen) atoms. The molecule has 0 spiro atoms. The zero-order valence-electron chi connectivity index (χ0n) is 21.1. The van der Waals surface area contributed by atoms with Crippen LogP contribution >= 0.6 is 11.6 Å². The molecule has 4 aromatic rings. The number of halogens is 1. The number of rotatable bonds is 4. The first-order chi connectivity index (χ1) is 18.0. The van der Waals surface area contributed by atoms with Crippen molar-refractivity contribution in [3.05, 3.63) is 51.8 Å². The van der Waals surface area contributed by atoms with E-state index >= 15 is 0 Å². The van der Waals surface area contributed by atoms with Gasteiger partial charge in [0, 0.05) is 44.2 Å². The number of benzene rings is 2. The first kappa shape index (κ1) is 23.1. The lowest BCUT2D eigenvalue weighted by atomic mass is 9.83. The predicted octanol–water partition coefficient (Wildman–Crippen LogP) is 3.98. The number of aromatic nitrogens is 3. The van der Waals surface area contributed by atoms with E-state index in [1.165, 1.54) is 12.8 Å². The first-order valence-electron chi connectivity index (χ1n) is 13.3. The van der Waals surface area contributed by atoms with E-state index in [0.717, 1.165) is 79.1 Å². The van der Waals surface area contributed by atoms with Gasteiger partial charge >= 0.3 is 0 Å². The molecule has 4 aliphatic heterocycles. The lowest BCUT2D eigenvalue weighted by Crippen LogP contribution is -2.53. The monoisotopic (exact) mass is 517 g/mol. The third kappa shape index (κ3) is 4.07. The van der Waals surface area contributed by atoms with Gasteiger partial charge in [-0.1, -0.05) is 23.7 Å². The number of imidazole rings is 1. The van der Waals surface area contributed by atoms with Gasteiger partial charge in [-0.25, -0.2) is 4.98 Å². The minimum absolute atomic E-state index is 0.151. The van der Waals surface area contributed by atoms with Crippen molar-refractivity contribution in [2.75, 3.05) is 63.1 Å². The molecule has 4 fully saturated rings. The number of aromatic amines is 2. The van der Waals surface area contributed by atoms with E-state index in [9.17, 15) is 4.79 Å². The smallest absolute Gasteiger partial charge is 0.261 e. The summed E-state index contributed by atoms with van der Waals surface area (Å²) >= 11 is 6.95. The Labute approximate surface area is 220 Å². The topological polar surface area (TPSA) is 83.3 Å². The molecule has 192 valence electrons. The van der Waals surface area contributed by atoms with Gasteiger partial charge in [-0.2, -0.15) is 0 Å². The number of anilines is 2. The maximum absolute atomic E-state index is 13.7. The summed E-state index contributed by atoms with van der Waals surface area (Å²) in [6.45, 7) is 7.11. The Morgan fingerprint density at radius 2 is 1.78 bits per heavy atom. The Morgan fingerprint density at radius 3 is 2.51 bits per heavy atom. The summed E-state index contributed by atoms with van der Waals surface area (Å²) in [6, 6.07) is 12.2. The zero-order chi connectivity index (χ0) is 25.1. The second kappa shape index (κ2) is 9.04. The molecule has 2 aromatic heterocycles. The van der Waals surface area contributed by atoms with Crippen LogP contribution in [-0.2, 0) is 0 Å². The second-order valence-electron chi connectivity index (χ2n) is 10.8. The molecule has 9 heteroatoms. The zero-order valence-corrected chi connectivity index (χ0v) is 21.8. The van der Waals surface area contributed by atoms with Gasteiger partial charge in [0.2, 0.25) is 0 Å². The van der Waals surface area contributed by atoms with Crippen LogP contribution in [0.2, 0.25) is 5.02 Å². The van der Waals surface area contributed by atoms with Crippen molar-refractivity contribution in [2.45, 2.75) is 18.9 Å². The van der Waals surface area contributed by atoms with E-state index in [2.05, 4.69) is 43.1 Å². The maximum atomic E-state index is 13.7.